The lowest BCUT2D eigenvalue weighted by atomic mass is 10.2. The predicted octanol–water partition coefficient (Wildman–Crippen LogP) is 2.82. The van der Waals surface area contributed by atoms with E-state index in [1.54, 1.807) is 31.2 Å². The Kier molecular flexibility index (Phi) is 4.74. The summed E-state index contributed by atoms with van der Waals surface area (Å²) >= 11 is 3.33. The van der Waals surface area contributed by atoms with E-state index in [9.17, 15) is 4.79 Å². The van der Waals surface area contributed by atoms with E-state index in [-0.39, 0.29) is 11.9 Å². The highest BCUT2D eigenvalue weighted by molar-refractivity contribution is 9.10. The number of hydrogen-bond donors (Lipinski definition) is 1. The SMILES string of the molecule is COc1cc(C)nc(NC(=O)c2ccc(Br)cc2OC)n1. The number of nitrogens with zero attached hydrogens (tertiary/aromatic N) is 2. The maximum Gasteiger partial charge on any atom is 0.261 e. The first-order chi connectivity index (χ1) is 10.0. The molecule has 0 bridgehead atoms. The molecule has 0 aliphatic carbocycles. The van der Waals surface area contributed by atoms with Crippen molar-refractivity contribution >= 4 is 27.8 Å². The molecule has 0 aliphatic rings. The van der Waals surface area contributed by atoms with Crippen molar-refractivity contribution in [2.45, 2.75) is 6.92 Å². The van der Waals surface area contributed by atoms with Crippen molar-refractivity contribution in [2.75, 3.05) is 19.5 Å². The minimum Gasteiger partial charge on any atom is -0.496 e. The summed E-state index contributed by atoms with van der Waals surface area (Å²) in [4.78, 5) is 20.5. The van der Waals surface area contributed by atoms with Gasteiger partial charge in [0.1, 0.15) is 5.75 Å². The summed E-state index contributed by atoms with van der Waals surface area (Å²) < 4.78 is 11.1. The van der Waals surface area contributed by atoms with Crippen LogP contribution < -0.4 is 14.8 Å². The van der Waals surface area contributed by atoms with Crippen LogP contribution in [0.4, 0.5) is 5.95 Å². The fourth-order valence-electron chi connectivity index (χ4n) is 1.72. The summed E-state index contributed by atoms with van der Waals surface area (Å²) in [6, 6.07) is 6.81. The molecule has 110 valence electrons. The summed E-state index contributed by atoms with van der Waals surface area (Å²) in [5.74, 6) is 0.677. The van der Waals surface area contributed by atoms with E-state index in [0.29, 0.717) is 22.9 Å². The standard InChI is InChI=1S/C14H14BrN3O3/c1-8-6-12(21-3)17-14(16-8)18-13(19)10-5-4-9(15)7-11(10)20-2/h4-7H,1-3H3,(H,16,17,18,19). The van der Waals surface area contributed by atoms with Gasteiger partial charge < -0.3 is 9.47 Å². The van der Waals surface area contributed by atoms with Gasteiger partial charge in [0.05, 0.1) is 19.8 Å². The molecule has 7 heteroatoms. The lowest BCUT2D eigenvalue weighted by Crippen LogP contribution is -2.15. The normalized spacial score (nSPS) is 10.1. The molecule has 0 fully saturated rings. The molecule has 1 N–H and O–H groups in total. The van der Waals surface area contributed by atoms with Crippen LogP contribution in [0.3, 0.4) is 0 Å². The maximum absolute atomic E-state index is 12.3. The minimum atomic E-state index is -0.355. The molecular formula is C14H14BrN3O3. The number of anilines is 1. The van der Waals surface area contributed by atoms with E-state index in [4.69, 9.17) is 9.47 Å². The number of rotatable bonds is 4. The number of methoxy groups -OCH3 is 2. The smallest absolute Gasteiger partial charge is 0.261 e. The van der Waals surface area contributed by atoms with Crippen LogP contribution >= 0.6 is 15.9 Å². The first kappa shape index (κ1) is 15.2. The molecule has 0 saturated carbocycles. The molecule has 0 atom stereocenters. The molecule has 21 heavy (non-hydrogen) atoms. The Morgan fingerprint density at radius 3 is 2.62 bits per heavy atom. The van der Waals surface area contributed by atoms with Gasteiger partial charge in [0.2, 0.25) is 11.8 Å². The van der Waals surface area contributed by atoms with E-state index in [0.717, 1.165) is 4.47 Å². The fraction of sp³-hybridized carbons (Fsp3) is 0.214. The molecule has 1 aromatic carbocycles. The van der Waals surface area contributed by atoms with E-state index >= 15 is 0 Å². The van der Waals surface area contributed by atoms with Gasteiger partial charge in [-0.25, -0.2) is 4.98 Å². The first-order valence-electron chi connectivity index (χ1n) is 6.08. The number of ether oxygens (including phenoxy) is 2. The second-order valence-corrected chi connectivity index (χ2v) is 5.09. The number of aryl methyl sites for hydroxylation is 1. The first-order valence-corrected chi connectivity index (χ1v) is 6.87. The number of aromatic nitrogens is 2. The summed E-state index contributed by atoms with van der Waals surface area (Å²) in [7, 11) is 3.01. The van der Waals surface area contributed by atoms with Crippen molar-refractivity contribution in [3.05, 3.63) is 40.0 Å². The van der Waals surface area contributed by atoms with E-state index in [1.807, 2.05) is 0 Å². The second kappa shape index (κ2) is 6.53. The van der Waals surface area contributed by atoms with Crippen LogP contribution in [0.15, 0.2) is 28.7 Å². The van der Waals surface area contributed by atoms with Crippen LogP contribution in [-0.2, 0) is 0 Å². The van der Waals surface area contributed by atoms with Crippen LogP contribution in [0.25, 0.3) is 0 Å². The average molecular weight is 352 g/mol. The Balaban J connectivity index is 2.28. The molecule has 0 radical (unpaired) electrons. The molecule has 0 unspecified atom stereocenters. The zero-order valence-electron chi connectivity index (χ0n) is 11.8. The monoisotopic (exact) mass is 351 g/mol. The summed E-state index contributed by atoms with van der Waals surface area (Å²) in [5.41, 5.74) is 1.09. The largest absolute Gasteiger partial charge is 0.496 e. The van der Waals surface area contributed by atoms with Crippen LogP contribution in [-0.4, -0.2) is 30.1 Å². The Labute approximate surface area is 130 Å². The summed E-state index contributed by atoms with van der Waals surface area (Å²) in [6.45, 7) is 1.79. The van der Waals surface area contributed by atoms with Gasteiger partial charge >= 0.3 is 0 Å². The van der Waals surface area contributed by atoms with Gasteiger partial charge in [-0.05, 0) is 25.1 Å². The molecule has 2 rings (SSSR count). The average Bonchev–Trinajstić information content (AvgIpc) is 2.46. The highest BCUT2D eigenvalue weighted by Crippen LogP contribution is 2.24. The number of amides is 1. The lowest BCUT2D eigenvalue weighted by molar-refractivity contribution is 0.102. The van der Waals surface area contributed by atoms with E-state index < -0.39 is 0 Å². The number of nitrogens with one attached hydrogen (secondary N) is 1. The third-order valence-corrected chi connectivity index (χ3v) is 3.17. The van der Waals surface area contributed by atoms with Crippen molar-refractivity contribution in [3.8, 4) is 11.6 Å². The van der Waals surface area contributed by atoms with Crippen LogP contribution in [0.2, 0.25) is 0 Å². The highest BCUT2D eigenvalue weighted by Gasteiger charge is 2.14. The lowest BCUT2D eigenvalue weighted by Gasteiger charge is -2.10. The maximum atomic E-state index is 12.3. The molecule has 1 heterocycles. The Hall–Kier alpha value is -2.15. The molecule has 1 amide bonds. The van der Waals surface area contributed by atoms with Crippen molar-refractivity contribution in [1.29, 1.82) is 0 Å². The van der Waals surface area contributed by atoms with Crippen molar-refractivity contribution in [2.24, 2.45) is 0 Å². The molecule has 2 aromatic rings. The zero-order valence-corrected chi connectivity index (χ0v) is 13.4. The number of carbonyl (C=O) groups excluding carboxylic acids is 1. The van der Waals surface area contributed by atoms with Crippen molar-refractivity contribution < 1.29 is 14.3 Å². The number of carbonyl (C=O) groups is 1. The quantitative estimate of drug-likeness (QED) is 0.916. The Morgan fingerprint density at radius 1 is 1.19 bits per heavy atom. The van der Waals surface area contributed by atoms with E-state index in [1.165, 1.54) is 14.2 Å². The van der Waals surface area contributed by atoms with Crippen LogP contribution in [0.1, 0.15) is 16.1 Å². The summed E-state index contributed by atoms with van der Waals surface area (Å²) in [5, 5.41) is 2.63. The van der Waals surface area contributed by atoms with Gasteiger partial charge in [0.15, 0.2) is 0 Å². The molecule has 6 nitrogen and oxygen atoms in total. The Bertz CT molecular complexity index is 677. The van der Waals surface area contributed by atoms with Gasteiger partial charge in [-0.15, -0.1) is 0 Å². The minimum absolute atomic E-state index is 0.182. The number of halogens is 1. The van der Waals surface area contributed by atoms with Gasteiger partial charge in [0.25, 0.3) is 5.91 Å². The van der Waals surface area contributed by atoms with Gasteiger partial charge in [-0.3, -0.25) is 10.1 Å². The molecule has 0 saturated heterocycles. The molecular weight excluding hydrogens is 338 g/mol. The van der Waals surface area contributed by atoms with Crippen LogP contribution in [0, 0.1) is 6.92 Å². The molecule has 1 aromatic heterocycles. The van der Waals surface area contributed by atoms with Gasteiger partial charge in [-0.2, -0.15) is 4.98 Å². The van der Waals surface area contributed by atoms with E-state index in [2.05, 4.69) is 31.2 Å². The Morgan fingerprint density at radius 2 is 1.95 bits per heavy atom. The number of hydrogen-bond acceptors (Lipinski definition) is 5. The molecule has 0 aliphatic heterocycles. The number of benzene rings is 1. The van der Waals surface area contributed by atoms with Crippen molar-refractivity contribution in [1.82, 2.24) is 9.97 Å². The molecule has 0 spiro atoms. The predicted molar refractivity (Wildman–Crippen MR) is 82.0 cm³/mol. The third kappa shape index (κ3) is 3.69. The third-order valence-electron chi connectivity index (χ3n) is 2.67. The van der Waals surface area contributed by atoms with Crippen LogP contribution in [0.5, 0.6) is 11.6 Å². The summed E-state index contributed by atoms with van der Waals surface area (Å²) in [6.07, 6.45) is 0. The van der Waals surface area contributed by atoms with Crippen molar-refractivity contribution in [3.63, 3.8) is 0 Å². The zero-order chi connectivity index (χ0) is 15.4. The highest BCUT2D eigenvalue weighted by atomic mass is 79.9. The topological polar surface area (TPSA) is 73.3 Å². The second-order valence-electron chi connectivity index (χ2n) is 4.17. The fourth-order valence-corrected chi connectivity index (χ4v) is 2.06. The van der Waals surface area contributed by atoms with Gasteiger partial charge in [-0.1, -0.05) is 15.9 Å². The van der Waals surface area contributed by atoms with Gasteiger partial charge in [0, 0.05) is 16.2 Å².